The summed E-state index contributed by atoms with van der Waals surface area (Å²) < 4.78 is 4.82. The molecule has 2 N–H and O–H groups in total. The summed E-state index contributed by atoms with van der Waals surface area (Å²) in [7, 11) is 1.38. The lowest BCUT2D eigenvalue weighted by atomic mass is 10.1. The monoisotopic (exact) mass is 274 g/mol. The third kappa shape index (κ3) is 3.64. The summed E-state index contributed by atoms with van der Waals surface area (Å²) in [6.07, 6.45) is 5.53. The lowest BCUT2D eigenvalue weighted by Gasteiger charge is -2.16. The number of nitrogens with one attached hydrogen (secondary N) is 2. The van der Waals surface area contributed by atoms with Crippen LogP contribution in [0, 0.1) is 6.92 Å². The van der Waals surface area contributed by atoms with E-state index in [0.29, 0.717) is 13.0 Å². The molecule has 6 heteroatoms. The summed E-state index contributed by atoms with van der Waals surface area (Å²) in [5.74, 6) is -0.298. The number of aromatic nitrogens is 3. The molecule has 0 fully saturated rings. The number of imidazole rings is 1. The fourth-order valence-electron chi connectivity index (χ4n) is 1.92. The molecular weight excluding hydrogens is 256 g/mol. The third-order valence-corrected chi connectivity index (χ3v) is 3.10. The van der Waals surface area contributed by atoms with Crippen molar-refractivity contribution in [2.75, 3.05) is 7.11 Å². The van der Waals surface area contributed by atoms with E-state index in [0.717, 1.165) is 17.0 Å². The Balaban J connectivity index is 2.01. The maximum absolute atomic E-state index is 11.8. The molecule has 2 aromatic rings. The Morgan fingerprint density at radius 2 is 2.40 bits per heavy atom. The lowest BCUT2D eigenvalue weighted by molar-refractivity contribution is -0.143. The quantitative estimate of drug-likeness (QED) is 0.768. The average molecular weight is 274 g/mol. The molecule has 0 spiro atoms. The van der Waals surface area contributed by atoms with E-state index in [-0.39, 0.29) is 5.97 Å². The minimum Gasteiger partial charge on any atom is -0.468 e. The van der Waals surface area contributed by atoms with E-state index in [2.05, 4.69) is 20.3 Å². The predicted molar refractivity (Wildman–Crippen MR) is 73.9 cm³/mol. The van der Waals surface area contributed by atoms with Gasteiger partial charge in [-0.15, -0.1) is 0 Å². The van der Waals surface area contributed by atoms with Crippen LogP contribution in [0.3, 0.4) is 0 Å². The molecule has 2 heterocycles. The summed E-state index contributed by atoms with van der Waals surface area (Å²) in [6, 6.07) is 3.45. The molecule has 0 amide bonds. The fourth-order valence-corrected chi connectivity index (χ4v) is 1.92. The number of methoxy groups -OCH3 is 1. The van der Waals surface area contributed by atoms with Crippen molar-refractivity contribution in [1.29, 1.82) is 0 Å². The van der Waals surface area contributed by atoms with Gasteiger partial charge >= 0.3 is 5.97 Å². The number of pyridine rings is 1. The highest BCUT2D eigenvalue weighted by molar-refractivity contribution is 5.75. The number of hydrogen-bond donors (Lipinski definition) is 2. The zero-order valence-corrected chi connectivity index (χ0v) is 11.6. The third-order valence-electron chi connectivity index (χ3n) is 3.10. The van der Waals surface area contributed by atoms with Crippen molar-refractivity contribution in [3.05, 3.63) is 47.8 Å². The van der Waals surface area contributed by atoms with Gasteiger partial charge < -0.3 is 9.72 Å². The van der Waals surface area contributed by atoms with Crippen LogP contribution in [0.5, 0.6) is 0 Å². The molecule has 0 saturated heterocycles. The van der Waals surface area contributed by atoms with E-state index in [1.165, 1.54) is 7.11 Å². The molecule has 0 unspecified atom stereocenters. The van der Waals surface area contributed by atoms with Gasteiger partial charge in [0.2, 0.25) is 0 Å². The van der Waals surface area contributed by atoms with Crippen molar-refractivity contribution < 1.29 is 9.53 Å². The first-order valence-corrected chi connectivity index (χ1v) is 6.39. The number of hydrogen-bond acceptors (Lipinski definition) is 5. The topological polar surface area (TPSA) is 79.9 Å². The molecule has 1 atom stereocenters. The van der Waals surface area contributed by atoms with Crippen molar-refractivity contribution in [3.8, 4) is 0 Å². The number of rotatable bonds is 6. The minimum absolute atomic E-state index is 0.298. The molecule has 0 aliphatic carbocycles. The minimum atomic E-state index is -0.429. The Morgan fingerprint density at radius 1 is 1.55 bits per heavy atom. The van der Waals surface area contributed by atoms with Gasteiger partial charge in [-0.1, -0.05) is 6.07 Å². The number of H-pyrrole nitrogens is 1. The first kappa shape index (κ1) is 14.2. The number of nitrogens with zero attached hydrogens (tertiary/aromatic N) is 2. The fraction of sp³-hybridized carbons (Fsp3) is 0.357. The van der Waals surface area contributed by atoms with Crippen molar-refractivity contribution in [3.63, 3.8) is 0 Å². The van der Waals surface area contributed by atoms with Crippen LogP contribution in [0.15, 0.2) is 30.9 Å². The van der Waals surface area contributed by atoms with Crippen LogP contribution in [0.4, 0.5) is 0 Å². The number of carbonyl (C=O) groups excluding carboxylic acids is 1. The van der Waals surface area contributed by atoms with Crippen LogP contribution in [-0.4, -0.2) is 34.1 Å². The summed E-state index contributed by atoms with van der Waals surface area (Å²) in [5.41, 5.74) is 2.89. The van der Waals surface area contributed by atoms with E-state index in [1.807, 2.05) is 19.1 Å². The molecule has 6 nitrogen and oxygen atoms in total. The second kappa shape index (κ2) is 6.81. The number of esters is 1. The molecular formula is C14H18N4O2. The van der Waals surface area contributed by atoms with Crippen LogP contribution < -0.4 is 5.32 Å². The van der Waals surface area contributed by atoms with Gasteiger partial charge in [0.15, 0.2) is 0 Å². The van der Waals surface area contributed by atoms with Gasteiger partial charge in [0.05, 0.1) is 19.1 Å². The maximum Gasteiger partial charge on any atom is 0.323 e. The molecule has 2 aromatic heterocycles. The highest BCUT2D eigenvalue weighted by atomic mass is 16.5. The van der Waals surface area contributed by atoms with Crippen molar-refractivity contribution in [1.82, 2.24) is 20.3 Å². The van der Waals surface area contributed by atoms with Gasteiger partial charge in [0.25, 0.3) is 0 Å². The van der Waals surface area contributed by atoms with Gasteiger partial charge in [0.1, 0.15) is 6.04 Å². The van der Waals surface area contributed by atoms with Crippen molar-refractivity contribution in [2.45, 2.75) is 25.9 Å². The average Bonchev–Trinajstić information content (AvgIpc) is 2.97. The highest BCUT2D eigenvalue weighted by Gasteiger charge is 2.20. The normalized spacial score (nSPS) is 12.1. The first-order valence-electron chi connectivity index (χ1n) is 6.39. The lowest BCUT2D eigenvalue weighted by Crippen LogP contribution is -2.39. The van der Waals surface area contributed by atoms with E-state index in [1.54, 1.807) is 18.7 Å². The molecule has 0 aromatic carbocycles. The second-order valence-corrected chi connectivity index (χ2v) is 4.50. The van der Waals surface area contributed by atoms with Crippen molar-refractivity contribution in [2.24, 2.45) is 0 Å². The van der Waals surface area contributed by atoms with Gasteiger partial charge in [-0.3, -0.25) is 15.1 Å². The van der Waals surface area contributed by atoms with Crippen LogP contribution in [-0.2, 0) is 22.5 Å². The zero-order chi connectivity index (χ0) is 14.4. The summed E-state index contributed by atoms with van der Waals surface area (Å²) in [4.78, 5) is 23.0. The largest absolute Gasteiger partial charge is 0.468 e. The van der Waals surface area contributed by atoms with Crippen LogP contribution in [0.1, 0.15) is 17.0 Å². The number of ether oxygens (including phenoxy) is 1. The predicted octanol–water partition coefficient (Wildman–Crippen LogP) is 0.987. The Labute approximate surface area is 117 Å². The molecule has 106 valence electrons. The van der Waals surface area contributed by atoms with Crippen LogP contribution >= 0.6 is 0 Å². The van der Waals surface area contributed by atoms with E-state index >= 15 is 0 Å². The Kier molecular flexibility index (Phi) is 4.84. The maximum atomic E-state index is 11.8. The molecule has 0 saturated carbocycles. The van der Waals surface area contributed by atoms with Gasteiger partial charge in [0, 0.05) is 31.1 Å². The smallest absolute Gasteiger partial charge is 0.323 e. The SMILES string of the molecule is COC(=O)[C@H](Cc1cnc[nH]1)NCc1ncccc1C. The zero-order valence-electron chi connectivity index (χ0n) is 11.6. The van der Waals surface area contributed by atoms with Crippen LogP contribution in [0.2, 0.25) is 0 Å². The Bertz CT molecular complexity index is 554. The van der Waals surface area contributed by atoms with Gasteiger partial charge in [-0.25, -0.2) is 4.98 Å². The summed E-state index contributed by atoms with van der Waals surface area (Å²) in [6.45, 7) is 2.51. The van der Waals surface area contributed by atoms with Gasteiger partial charge in [-0.05, 0) is 18.6 Å². The van der Waals surface area contributed by atoms with Crippen molar-refractivity contribution >= 4 is 5.97 Å². The number of carbonyl (C=O) groups is 1. The van der Waals surface area contributed by atoms with E-state index < -0.39 is 6.04 Å². The number of aryl methyl sites for hydroxylation is 1. The Morgan fingerprint density at radius 3 is 3.05 bits per heavy atom. The summed E-state index contributed by atoms with van der Waals surface area (Å²) in [5, 5.41) is 3.18. The molecule has 0 bridgehead atoms. The standard InChI is InChI=1S/C14H18N4O2/c1-10-4-3-5-16-13(10)8-17-12(14(19)20-2)6-11-7-15-9-18-11/h3-5,7,9,12,17H,6,8H2,1-2H3,(H,15,18)/t12-/m0/s1. The number of aromatic amines is 1. The van der Waals surface area contributed by atoms with Gasteiger partial charge in [-0.2, -0.15) is 0 Å². The Hall–Kier alpha value is -2.21. The summed E-state index contributed by atoms with van der Waals surface area (Å²) >= 11 is 0. The second-order valence-electron chi connectivity index (χ2n) is 4.50. The highest BCUT2D eigenvalue weighted by Crippen LogP contribution is 2.05. The van der Waals surface area contributed by atoms with E-state index in [4.69, 9.17) is 4.74 Å². The molecule has 2 rings (SSSR count). The molecule has 0 radical (unpaired) electrons. The molecule has 0 aliphatic heterocycles. The molecule has 20 heavy (non-hydrogen) atoms. The van der Waals surface area contributed by atoms with E-state index in [9.17, 15) is 4.79 Å². The first-order chi connectivity index (χ1) is 9.70. The molecule has 0 aliphatic rings. The van der Waals surface area contributed by atoms with Crippen LogP contribution in [0.25, 0.3) is 0 Å².